The van der Waals surface area contributed by atoms with Gasteiger partial charge in [0.1, 0.15) is 6.61 Å². The first-order valence-electron chi connectivity index (χ1n) is 8.71. The molecule has 4 bridgehead atoms. The van der Waals surface area contributed by atoms with Crippen molar-refractivity contribution in [2.75, 3.05) is 13.2 Å². The van der Waals surface area contributed by atoms with E-state index >= 15 is 0 Å². The first kappa shape index (κ1) is 18.9. The summed E-state index contributed by atoms with van der Waals surface area (Å²) in [6.07, 6.45) is 5.28. The van der Waals surface area contributed by atoms with E-state index in [-0.39, 0.29) is 18.8 Å². The molecule has 2 atom stereocenters. The van der Waals surface area contributed by atoms with Crippen LogP contribution in [0.1, 0.15) is 32.1 Å². The summed E-state index contributed by atoms with van der Waals surface area (Å²) in [5.74, 6) is -7.94. The summed E-state index contributed by atoms with van der Waals surface area (Å²) >= 11 is 0. The number of hydrogen-bond donors (Lipinski definition) is 1. The molecule has 1 aromatic rings. The summed E-state index contributed by atoms with van der Waals surface area (Å²) < 4.78 is 96.5. The van der Waals surface area contributed by atoms with Gasteiger partial charge in [0.25, 0.3) is 0 Å². The van der Waals surface area contributed by atoms with Crippen LogP contribution in [0.3, 0.4) is 0 Å². The van der Waals surface area contributed by atoms with E-state index in [4.69, 9.17) is 14.0 Å². The summed E-state index contributed by atoms with van der Waals surface area (Å²) in [4.78, 5) is -2.08. The molecule has 27 heavy (non-hydrogen) atoms. The molecule has 4 aliphatic rings. The van der Waals surface area contributed by atoms with Crippen LogP contribution in [0.5, 0.6) is 5.75 Å². The maximum absolute atomic E-state index is 13.9. The molecule has 2 unspecified atom stereocenters. The molecule has 150 valence electrons. The third kappa shape index (κ3) is 3.11. The molecule has 0 amide bonds. The van der Waals surface area contributed by atoms with Crippen LogP contribution < -0.4 is 4.74 Å². The summed E-state index contributed by atoms with van der Waals surface area (Å²) in [6.45, 7) is -0.381. The minimum absolute atomic E-state index is 0.0195. The Morgan fingerprint density at radius 1 is 0.926 bits per heavy atom. The third-order valence-corrected chi connectivity index (χ3v) is 6.92. The second-order valence-corrected chi connectivity index (χ2v) is 9.10. The number of halogens is 4. The van der Waals surface area contributed by atoms with Crippen molar-refractivity contribution in [3.8, 4) is 5.75 Å². The van der Waals surface area contributed by atoms with E-state index in [0.717, 1.165) is 19.3 Å². The van der Waals surface area contributed by atoms with Gasteiger partial charge in [0, 0.05) is 0 Å². The van der Waals surface area contributed by atoms with Crippen LogP contribution in [0, 0.1) is 41.0 Å². The molecular weight excluding hydrogens is 392 g/mol. The monoisotopic (exact) mass is 410 g/mol. The van der Waals surface area contributed by atoms with Gasteiger partial charge in [-0.1, -0.05) is 0 Å². The Labute approximate surface area is 153 Å². The van der Waals surface area contributed by atoms with E-state index < -0.39 is 44.0 Å². The van der Waals surface area contributed by atoms with Crippen molar-refractivity contribution in [3.05, 3.63) is 23.3 Å². The molecule has 0 spiro atoms. The molecule has 0 radical (unpaired) electrons. The zero-order valence-corrected chi connectivity index (χ0v) is 15.0. The molecule has 1 N–H and O–H groups in total. The maximum atomic E-state index is 13.9. The summed E-state index contributed by atoms with van der Waals surface area (Å²) in [7, 11) is -5.48. The minimum atomic E-state index is -5.48. The molecule has 0 aliphatic heterocycles. The Morgan fingerprint density at radius 2 is 1.48 bits per heavy atom. The predicted octanol–water partition coefficient (Wildman–Crippen LogP) is 3.46. The Kier molecular flexibility index (Phi) is 4.43. The summed E-state index contributed by atoms with van der Waals surface area (Å²) in [5, 5.41) is 0. The molecule has 10 heteroatoms. The Bertz CT molecular complexity index is 839. The SMILES string of the molecule is O=S(=O)(O)c1c(F)c(F)c(OCCOC23CC4CC(C2)C(C4)C3)c(F)c1F. The maximum Gasteiger partial charge on any atom is 0.300 e. The van der Waals surface area contributed by atoms with Crippen molar-refractivity contribution >= 4 is 10.1 Å². The van der Waals surface area contributed by atoms with E-state index in [2.05, 4.69) is 0 Å². The molecule has 4 saturated carbocycles. The van der Waals surface area contributed by atoms with Crippen molar-refractivity contribution < 1.29 is 40.0 Å². The van der Waals surface area contributed by atoms with Crippen LogP contribution in [-0.4, -0.2) is 31.8 Å². The highest BCUT2D eigenvalue weighted by atomic mass is 32.2. The Balaban J connectivity index is 1.43. The molecule has 0 aromatic heterocycles. The standard InChI is InChI=1S/C17H18F4O5S/c18-11-13(20)16(27(22,23)24)14(21)12(19)15(11)25-1-2-26-17-5-8-3-9(6-17)10(4-8)7-17/h8-10H,1-7H2,(H,22,23,24). The van der Waals surface area contributed by atoms with Crippen LogP contribution in [0.4, 0.5) is 17.6 Å². The van der Waals surface area contributed by atoms with Crippen LogP contribution in [0.25, 0.3) is 0 Å². The normalized spacial score (nSPS) is 31.7. The predicted molar refractivity (Wildman–Crippen MR) is 83.8 cm³/mol. The molecule has 0 saturated heterocycles. The second-order valence-electron chi connectivity index (χ2n) is 7.74. The lowest BCUT2D eigenvalue weighted by atomic mass is 9.78. The molecular formula is C17H18F4O5S. The van der Waals surface area contributed by atoms with Crippen molar-refractivity contribution in [1.82, 2.24) is 0 Å². The lowest BCUT2D eigenvalue weighted by Crippen LogP contribution is -2.38. The van der Waals surface area contributed by atoms with Gasteiger partial charge in [-0.3, -0.25) is 4.55 Å². The average molecular weight is 410 g/mol. The highest BCUT2D eigenvalue weighted by Crippen LogP contribution is 2.61. The average Bonchev–Trinajstić information content (AvgIpc) is 2.98. The fourth-order valence-electron chi connectivity index (χ4n) is 5.26. The Morgan fingerprint density at radius 3 is 1.96 bits per heavy atom. The third-order valence-electron chi connectivity index (χ3n) is 6.05. The molecule has 5 nitrogen and oxygen atoms in total. The van der Waals surface area contributed by atoms with Gasteiger partial charge in [-0.25, -0.2) is 8.78 Å². The number of benzene rings is 1. The second kappa shape index (κ2) is 6.31. The Hall–Kier alpha value is -1.39. The van der Waals surface area contributed by atoms with Gasteiger partial charge in [0.15, 0.2) is 22.3 Å². The first-order valence-corrected chi connectivity index (χ1v) is 10.2. The fourth-order valence-corrected chi connectivity index (χ4v) is 5.89. The molecule has 0 heterocycles. The van der Waals surface area contributed by atoms with Crippen LogP contribution in [-0.2, 0) is 14.9 Å². The van der Waals surface area contributed by atoms with Gasteiger partial charge >= 0.3 is 10.1 Å². The fraction of sp³-hybridized carbons (Fsp3) is 0.647. The highest BCUT2D eigenvalue weighted by molar-refractivity contribution is 7.85. The van der Waals surface area contributed by atoms with Gasteiger partial charge in [0.2, 0.25) is 11.6 Å². The van der Waals surface area contributed by atoms with E-state index in [0.29, 0.717) is 17.8 Å². The van der Waals surface area contributed by atoms with Crippen LogP contribution >= 0.6 is 0 Å². The van der Waals surface area contributed by atoms with E-state index in [1.54, 1.807) is 0 Å². The lowest BCUT2D eigenvalue weighted by molar-refractivity contribution is -0.0869. The number of rotatable bonds is 6. The molecule has 1 aromatic carbocycles. The van der Waals surface area contributed by atoms with Crippen LogP contribution in [0.2, 0.25) is 0 Å². The number of hydrogen-bond acceptors (Lipinski definition) is 4. The first-order chi connectivity index (χ1) is 12.6. The summed E-state index contributed by atoms with van der Waals surface area (Å²) in [6, 6.07) is 0. The molecule has 4 aliphatic carbocycles. The van der Waals surface area contributed by atoms with Crippen molar-refractivity contribution in [2.45, 2.75) is 42.6 Å². The lowest BCUT2D eigenvalue weighted by Gasteiger charge is -2.38. The molecule has 5 rings (SSSR count). The van der Waals surface area contributed by atoms with Gasteiger partial charge in [-0.2, -0.15) is 17.2 Å². The topological polar surface area (TPSA) is 72.8 Å². The van der Waals surface area contributed by atoms with Crippen molar-refractivity contribution in [1.29, 1.82) is 0 Å². The van der Waals surface area contributed by atoms with Crippen LogP contribution in [0.15, 0.2) is 4.90 Å². The molecule has 4 fully saturated rings. The minimum Gasteiger partial charge on any atom is -0.485 e. The van der Waals surface area contributed by atoms with Gasteiger partial charge < -0.3 is 9.47 Å². The zero-order valence-electron chi connectivity index (χ0n) is 14.2. The van der Waals surface area contributed by atoms with Crippen molar-refractivity contribution in [3.63, 3.8) is 0 Å². The van der Waals surface area contributed by atoms with E-state index in [9.17, 15) is 26.0 Å². The van der Waals surface area contributed by atoms with Gasteiger partial charge in [-0.05, 0) is 49.9 Å². The van der Waals surface area contributed by atoms with Gasteiger partial charge in [0.05, 0.1) is 12.2 Å². The number of ether oxygens (including phenoxy) is 2. The zero-order chi connectivity index (χ0) is 19.6. The largest absolute Gasteiger partial charge is 0.485 e. The van der Waals surface area contributed by atoms with Crippen molar-refractivity contribution in [2.24, 2.45) is 17.8 Å². The van der Waals surface area contributed by atoms with E-state index in [1.165, 1.54) is 12.8 Å². The van der Waals surface area contributed by atoms with Gasteiger partial charge in [-0.15, -0.1) is 0 Å². The summed E-state index contributed by atoms with van der Waals surface area (Å²) in [5.41, 5.74) is -0.248. The smallest absolute Gasteiger partial charge is 0.300 e. The van der Waals surface area contributed by atoms with E-state index in [1.807, 2.05) is 0 Å². The highest BCUT2D eigenvalue weighted by Gasteiger charge is 2.56. The quantitative estimate of drug-likeness (QED) is 0.337.